The highest BCUT2D eigenvalue weighted by atomic mass is 16.5. The van der Waals surface area contributed by atoms with E-state index in [2.05, 4.69) is 9.97 Å². The van der Waals surface area contributed by atoms with Crippen molar-refractivity contribution < 1.29 is 14.3 Å². The molecule has 5 nitrogen and oxygen atoms in total. The van der Waals surface area contributed by atoms with Gasteiger partial charge in [-0.3, -0.25) is 4.79 Å². The molecule has 0 radical (unpaired) electrons. The van der Waals surface area contributed by atoms with Crippen LogP contribution in [0, 0.1) is 13.8 Å². The maximum absolute atomic E-state index is 11.8. The lowest BCUT2D eigenvalue weighted by atomic mass is 9.85. The average molecular weight is 222 g/mol. The van der Waals surface area contributed by atoms with Crippen molar-refractivity contribution >= 4 is 5.97 Å². The third kappa shape index (κ3) is 1.57. The third-order valence-corrected chi connectivity index (χ3v) is 2.68. The molecule has 0 atom stereocenters. The Morgan fingerprint density at radius 3 is 2.31 bits per heavy atom. The van der Waals surface area contributed by atoms with E-state index in [1.807, 2.05) is 19.9 Å². The van der Waals surface area contributed by atoms with E-state index < -0.39 is 5.41 Å². The smallest absolute Gasteiger partial charge is 0.324 e. The van der Waals surface area contributed by atoms with Crippen LogP contribution in [0.15, 0.2) is 6.07 Å². The number of esters is 1. The SMILES string of the molecule is COC(=O)C1(c2nc(C)cc(C)n2)COC1. The molecule has 2 rings (SSSR count). The molecule has 0 aromatic carbocycles. The second-order valence-corrected chi connectivity index (χ2v) is 4.04. The van der Waals surface area contributed by atoms with Gasteiger partial charge in [0.05, 0.1) is 20.3 Å². The normalized spacial score (nSPS) is 17.7. The Morgan fingerprint density at radius 1 is 1.38 bits per heavy atom. The molecule has 1 aliphatic heterocycles. The summed E-state index contributed by atoms with van der Waals surface area (Å²) in [5.41, 5.74) is 0.890. The lowest BCUT2D eigenvalue weighted by Crippen LogP contribution is -2.54. The Balaban J connectivity index is 2.44. The van der Waals surface area contributed by atoms with Crippen molar-refractivity contribution in [1.29, 1.82) is 0 Å². The number of ether oxygens (including phenoxy) is 2. The molecule has 1 aromatic heterocycles. The minimum absolute atomic E-state index is 0.294. The number of carbonyl (C=O) groups is 1. The summed E-state index contributed by atoms with van der Waals surface area (Å²) in [4.78, 5) is 20.4. The summed E-state index contributed by atoms with van der Waals surface area (Å²) in [5, 5.41) is 0. The monoisotopic (exact) mass is 222 g/mol. The summed E-state index contributed by atoms with van der Waals surface area (Å²) in [6, 6.07) is 1.87. The third-order valence-electron chi connectivity index (χ3n) is 2.68. The first-order valence-electron chi connectivity index (χ1n) is 5.07. The first-order valence-corrected chi connectivity index (χ1v) is 5.07. The summed E-state index contributed by atoms with van der Waals surface area (Å²) in [5.74, 6) is 0.173. The van der Waals surface area contributed by atoms with Crippen molar-refractivity contribution in [2.24, 2.45) is 0 Å². The van der Waals surface area contributed by atoms with E-state index in [0.29, 0.717) is 19.0 Å². The summed E-state index contributed by atoms with van der Waals surface area (Å²) in [7, 11) is 1.37. The van der Waals surface area contributed by atoms with Crippen molar-refractivity contribution in [2.75, 3.05) is 20.3 Å². The van der Waals surface area contributed by atoms with E-state index in [1.54, 1.807) is 0 Å². The molecule has 16 heavy (non-hydrogen) atoms. The van der Waals surface area contributed by atoms with Gasteiger partial charge in [0.25, 0.3) is 0 Å². The number of methoxy groups -OCH3 is 1. The van der Waals surface area contributed by atoms with E-state index in [4.69, 9.17) is 9.47 Å². The molecule has 1 fully saturated rings. The van der Waals surface area contributed by atoms with Crippen LogP contribution in [0.3, 0.4) is 0 Å². The maximum atomic E-state index is 11.8. The van der Waals surface area contributed by atoms with Gasteiger partial charge in [-0.1, -0.05) is 0 Å². The highest BCUT2D eigenvalue weighted by molar-refractivity contribution is 5.83. The Bertz CT molecular complexity index is 407. The van der Waals surface area contributed by atoms with Crippen LogP contribution >= 0.6 is 0 Å². The Labute approximate surface area is 93.8 Å². The van der Waals surface area contributed by atoms with Crippen molar-refractivity contribution in [2.45, 2.75) is 19.3 Å². The van der Waals surface area contributed by atoms with Crippen molar-refractivity contribution in [1.82, 2.24) is 9.97 Å². The fraction of sp³-hybridized carbons (Fsp3) is 0.545. The first-order chi connectivity index (χ1) is 7.58. The molecular weight excluding hydrogens is 208 g/mol. The second kappa shape index (κ2) is 3.83. The van der Waals surface area contributed by atoms with Crippen molar-refractivity contribution in [3.63, 3.8) is 0 Å². The zero-order chi connectivity index (χ0) is 11.8. The molecule has 0 bridgehead atoms. The standard InChI is InChI=1S/C11H14N2O3/c1-7-4-8(2)13-9(12-7)11(5-16-6-11)10(14)15-3/h4H,5-6H2,1-3H3. The molecule has 1 aliphatic rings. The highest BCUT2D eigenvalue weighted by Crippen LogP contribution is 2.31. The van der Waals surface area contributed by atoms with Gasteiger partial charge in [0.2, 0.25) is 0 Å². The van der Waals surface area contributed by atoms with Crippen LogP contribution in [0.2, 0.25) is 0 Å². The van der Waals surface area contributed by atoms with E-state index in [-0.39, 0.29) is 5.97 Å². The van der Waals surface area contributed by atoms with Gasteiger partial charge in [-0.15, -0.1) is 0 Å². The van der Waals surface area contributed by atoms with E-state index in [9.17, 15) is 4.79 Å². The molecule has 5 heteroatoms. The lowest BCUT2D eigenvalue weighted by Gasteiger charge is -2.37. The van der Waals surface area contributed by atoms with Crippen LogP contribution in [0.4, 0.5) is 0 Å². The molecular formula is C11H14N2O3. The van der Waals surface area contributed by atoms with Crippen molar-refractivity contribution in [3.05, 3.63) is 23.3 Å². The van der Waals surface area contributed by atoms with Crippen LogP contribution in [-0.2, 0) is 19.7 Å². The minimum atomic E-state index is -0.800. The number of aromatic nitrogens is 2. The molecule has 0 N–H and O–H groups in total. The summed E-state index contributed by atoms with van der Waals surface area (Å²) in [6.07, 6.45) is 0. The lowest BCUT2D eigenvalue weighted by molar-refractivity contribution is -0.167. The van der Waals surface area contributed by atoms with Gasteiger partial charge in [-0.05, 0) is 19.9 Å². The zero-order valence-electron chi connectivity index (χ0n) is 9.61. The van der Waals surface area contributed by atoms with Crippen LogP contribution < -0.4 is 0 Å². The number of carbonyl (C=O) groups excluding carboxylic acids is 1. The second-order valence-electron chi connectivity index (χ2n) is 4.04. The molecule has 0 spiro atoms. The van der Waals surface area contributed by atoms with Gasteiger partial charge in [-0.2, -0.15) is 0 Å². The highest BCUT2D eigenvalue weighted by Gasteiger charge is 2.51. The van der Waals surface area contributed by atoms with Crippen LogP contribution in [0.5, 0.6) is 0 Å². The first kappa shape index (κ1) is 11.0. The molecule has 0 amide bonds. The number of rotatable bonds is 2. The van der Waals surface area contributed by atoms with Gasteiger partial charge in [0, 0.05) is 11.4 Å². The Kier molecular flexibility index (Phi) is 2.63. The van der Waals surface area contributed by atoms with Gasteiger partial charge in [0.15, 0.2) is 11.2 Å². The quantitative estimate of drug-likeness (QED) is 0.683. The van der Waals surface area contributed by atoms with Gasteiger partial charge >= 0.3 is 5.97 Å². The summed E-state index contributed by atoms with van der Waals surface area (Å²) >= 11 is 0. The topological polar surface area (TPSA) is 61.3 Å². The molecule has 0 unspecified atom stereocenters. The van der Waals surface area contributed by atoms with Gasteiger partial charge in [-0.25, -0.2) is 9.97 Å². The van der Waals surface area contributed by atoms with E-state index in [0.717, 1.165) is 11.4 Å². The van der Waals surface area contributed by atoms with Crippen LogP contribution in [0.25, 0.3) is 0 Å². The van der Waals surface area contributed by atoms with Gasteiger partial charge < -0.3 is 9.47 Å². The maximum Gasteiger partial charge on any atom is 0.324 e. The van der Waals surface area contributed by atoms with Crippen LogP contribution in [0.1, 0.15) is 17.2 Å². The molecule has 2 heterocycles. The minimum Gasteiger partial charge on any atom is -0.468 e. The Morgan fingerprint density at radius 2 is 1.94 bits per heavy atom. The largest absolute Gasteiger partial charge is 0.468 e. The summed E-state index contributed by atoms with van der Waals surface area (Å²) in [6.45, 7) is 4.34. The molecule has 0 saturated carbocycles. The van der Waals surface area contributed by atoms with E-state index in [1.165, 1.54) is 7.11 Å². The predicted molar refractivity (Wildman–Crippen MR) is 56.0 cm³/mol. The predicted octanol–water partition coefficient (Wildman–Crippen LogP) is 0.534. The van der Waals surface area contributed by atoms with Crippen molar-refractivity contribution in [3.8, 4) is 0 Å². The van der Waals surface area contributed by atoms with E-state index >= 15 is 0 Å². The van der Waals surface area contributed by atoms with Crippen LogP contribution in [-0.4, -0.2) is 36.3 Å². The fourth-order valence-electron chi connectivity index (χ4n) is 1.78. The molecule has 1 aromatic rings. The number of nitrogens with zero attached hydrogens (tertiary/aromatic N) is 2. The molecule has 86 valence electrons. The zero-order valence-corrected chi connectivity index (χ0v) is 9.61. The van der Waals surface area contributed by atoms with Gasteiger partial charge in [0.1, 0.15) is 0 Å². The molecule has 0 aliphatic carbocycles. The molecule has 1 saturated heterocycles. The number of hydrogen-bond donors (Lipinski definition) is 0. The average Bonchev–Trinajstić information content (AvgIpc) is 2.14. The number of hydrogen-bond acceptors (Lipinski definition) is 5. The number of aryl methyl sites for hydroxylation is 2. The summed E-state index contributed by atoms with van der Waals surface area (Å²) < 4.78 is 9.91. The fourth-order valence-corrected chi connectivity index (χ4v) is 1.78. The Hall–Kier alpha value is -1.49.